The molecule has 1 fully saturated rings. The first kappa shape index (κ1) is 19.8. The molecule has 2 N–H and O–H groups in total. The lowest BCUT2D eigenvalue weighted by Gasteiger charge is -2.19. The summed E-state index contributed by atoms with van der Waals surface area (Å²) in [6.45, 7) is 2.51. The van der Waals surface area contributed by atoms with Crippen molar-refractivity contribution >= 4 is 33.3 Å². The summed E-state index contributed by atoms with van der Waals surface area (Å²) < 4.78 is 28.3. The number of pyridine rings is 1. The molecule has 142 valence electrons. The average Bonchev–Trinajstić information content (AvgIpc) is 3.04. The van der Waals surface area contributed by atoms with Gasteiger partial charge in [-0.2, -0.15) is 4.31 Å². The first-order valence-electron chi connectivity index (χ1n) is 8.63. The molecule has 0 unspecified atom stereocenters. The number of halogens is 1. The molecule has 3 aromatic rings. The van der Waals surface area contributed by atoms with Crippen molar-refractivity contribution in [2.24, 2.45) is 5.73 Å². The van der Waals surface area contributed by atoms with E-state index in [-0.39, 0.29) is 29.3 Å². The maximum absolute atomic E-state index is 13.4. The minimum atomic E-state index is -3.68. The fourth-order valence-electron chi connectivity index (χ4n) is 3.71. The Morgan fingerprint density at radius 2 is 1.78 bits per heavy atom. The Balaban J connectivity index is 0.00000210. The molecule has 2 atom stereocenters. The third-order valence-corrected chi connectivity index (χ3v) is 7.09. The third-order valence-electron chi connectivity index (χ3n) is 5.08. The maximum Gasteiger partial charge on any atom is 0.245 e. The van der Waals surface area contributed by atoms with Crippen LogP contribution in [0.5, 0.6) is 0 Å². The highest BCUT2D eigenvalue weighted by Crippen LogP contribution is 2.33. The SMILES string of the molecule is Cc1ccc2cccnc2c1S(=O)(=O)N1C[C@@H](N)[C@H](c2ccccc2)C1.Cl. The van der Waals surface area contributed by atoms with E-state index < -0.39 is 10.0 Å². The first-order valence-corrected chi connectivity index (χ1v) is 10.1. The molecule has 7 heteroatoms. The number of hydrogen-bond donors (Lipinski definition) is 1. The quantitative estimate of drug-likeness (QED) is 0.729. The van der Waals surface area contributed by atoms with E-state index in [9.17, 15) is 8.42 Å². The van der Waals surface area contributed by atoms with Gasteiger partial charge in [0.15, 0.2) is 0 Å². The number of rotatable bonds is 3. The Kier molecular flexibility index (Phi) is 5.53. The highest BCUT2D eigenvalue weighted by molar-refractivity contribution is 7.89. The van der Waals surface area contributed by atoms with Crippen LogP contribution in [-0.2, 0) is 10.0 Å². The van der Waals surface area contributed by atoms with Crippen LogP contribution in [0.15, 0.2) is 65.7 Å². The van der Waals surface area contributed by atoms with Crippen molar-refractivity contribution in [1.82, 2.24) is 9.29 Å². The first-order chi connectivity index (χ1) is 12.5. The molecule has 0 radical (unpaired) electrons. The summed E-state index contributed by atoms with van der Waals surface area (Å²) in [4.78, 5) is 4.63. The number of nitrogens with two attached hydrogens (primary N) is 1. The Hall–Kier alpha value is -1.99. The fraction of sp³-hybridized carbons (Fsp3) is 0.250. The van der Waals surface area contributed by atoms with Crippen molar-refractivity contribution in [2.75, 3.05) is 13.1 Å². The predicted molar refractivity (Wildman–Crippen MR) is 110 cm³/mol. The molecule has 1 aliphatic heterocycles. The Morgan fingerprint density at radius 3 is 2.52 bits per heavy atom. The lowest BCUT2D eigenvalue weighted by molar-refractivity contribution is 0.470. The van der Waals surface area contributed by atoms with Crippen molar-refractivity contribution in [3.05, 3.63) is 71.9 Å². The van der Waals surface area contributed by atoms with E-state index in [1.807, 2.05) is 61.5 Å². The highest BCUT2D eigenvalue weighted by atomic mass is 35.5. The number of fused-ring (bicyclic) bond motifs is 1. The van der Waals surface area contributed by atoms with Gasteiger partial charge in [0.25, 0.3) is 0 Å². The summed E-state index contributed by atoms with van der Waals surface area (Å²) in [7, 11) is -3.68. The summed E-state index contributed by atoms with van der Waals surface area (Å²) in [5.74, 6) is -0.00535. The normalized spacial score (nSPS) is 20.5. The summed E-state index contributed by atoms with van der Waals surface area (Å²) >= 11 is 0. The second-order valence-electron chi connectivity index (χ2n) is 6.79. The van der Waals surface area contributed by atoms with E-state index in [2.05, 4.69) is 4.98 Å². The second kappa shape index (κ2) is 7.56. The van der Waals surface area contributed by atoms with Crippen molar-refractivity contribution in [1.29, 1.82) is 0 Å². The Labute approximate surface area is 165 Å². The zero-order valence-electron chi connectivity index (χ0n) is 14.9. The monoisotopic (exact) mass is 403 g/mol. The molecule has 0 saturated carbocycles. The van der Waals surface area contributed by atoms with Gasteiger partial charge in [-0.15, -0.1) is 12.4 Å². The van der Waals surface area contributed by atoms with E-state index >= 15 is 0 Å². The van der Waals surface area contributed by atoms with Gasteiger partial charge in [-0.1, -0.05) is 48.5 Å². The Morgan fingerprint density at radius 1 is 1.04 bits per heavy atom. The van der Waals surface area contributed by atoms with Gasteiger partial charge in [0, 0.05) is 36.6 Å². The number of aryl methyl sites for hydroxylation is 1. The molecule has 2 heterocycles. The molecule has 1 aromatic heterocycles. The van der Waals surface area contributed by atoms with Crippen LogP contribution in [-0.4, -0.2) is 36.8 Å². The minimum absolute atomic E-state index is 0. The zero-order valence-corrected chi connectivity index (χ0v) is 16.6. The van der Waals surface area contributed by atoms with Gasteiger partial charge in [0.2, 0.25) is 10.0 Å². The molecule has 0 aliphatic carbocycles. The molecule has 0 spiro atoms. The van der Waals surface area contributed by atoms with Gasteiger partial charge in [-0.05, 0) is 24.1 Å². The lowest BCUT2D eigenvalue weighted by Crippen LogP contribution is -2.32. The van der Waals surface area contributed by atoms with Crippen LogP contribution in [0.3, 0.4) is 0 Å². The standard InChI is InChI=1S/C20H21N3O2S.ClH/c1-14-9-10-16-8-5-11-22-19(16)20(14)26(24,25)23-12-17(18(21)13-23)15-6-3-2-4-7-15;/h2-11,17-18H,12-13,21H2,1H3;1H/t17-,18+;/m0./s1. The summed E-state index contributed by atoms with van der Waals surface area (Å²) in [5, 5.41) is 0.819. The number of hydrogen-bond acceptors (Lipinski definition) is 4. The molecular formula is C20H22ClN3O2S. The topological polar surface area (TPSA) is 76.3 Å². The van der Waals surface area contributed by atoms with Crippen LogP contribution < -0.4 is 5.73 Å². The van der Waals surface area contributed by atoms with Crippen LogP contribution in [0.25, 0.3) is 10.9 Å². The number of sulfonamides is 1. The smallest absolute Gasteiger partial charge is 0.245 e. The van der Waals surface area contributed by atoms with Crippen LogP contribution >= 0.6 is 12.4 Å². The van der Waals surface area contributed by atoms with E-state index in [1.165, 1.54) is 4.31 Å². The maximum atomic E-state index is 13.4. The molecule has 0 bridgehead atoms. The average molecular weight is 404 g/mol. The van der Waals surface area contributed by atoms with Crippen molar-refractivity contribution in [3.63, 3.8) is 0 Å². The predicted octanol–water partition coefficient (Wildman–Crippen LogP) is 3.08. The van der Waals surface area contributed by atoms with E-state index in [1.54, 1.807) is 6.20 Å². The van der Waals surface area contributed by atoms with Gasteiger partial charge in [0.05, 0.1) is 5.52 Å². The van der Waals surface area contributed by atoms with Crippen LogP contribution in [0.1, 0.15) is 17.0 Å². The second-order valence-corrected chi connectivity index (χ2v) is 8.66. The molecule has 27 heavy (non-hydrogen) atoms. The van der Waals surface area contributed by atoms with Gasteiger partial charge < -0.3 is 5.73 Å². The van der Waals surface area contributed by atoms with Crippen LogP contribution in [0, 0.1) is 6.92 Å². The Bertz CT molecular complexity index is 1060. The molecule has 1 saturated heterocycles. The summed E-state index contributed by atoms with van der Waals surface area (Å²) in [6, 6.07) is 17.1. The van der Waals surface area contributed by atoms with E-state index in [0.717, 1.165) is 10.9 Å². The van der Waals surface area contributed by atoms with E-state index in [0.29, 0.717) is 24.2 Å². The van der Waals surface area contributed by atoms with Crippen molar-refractivity contribution in [2.45, 2.75) is 23.8 Å². The number of benzene rings is 2. The number of nitrogens with zero attached hydrogens (tertiary/aromatic N) is 2. The van der Waals surface area contributed by atoms with Crippen LogP contribution in [0.2, 0.25) is 0 Å². The van der Waals surface area contributed by atoms with Crippen molar-refractivity contribution < 1.29 is 8.42 Å². The number of aromatic nitrogens is 1. The van der Waals surface area contributed by atoms with Crippen LogP contribution in [0.4, 0.5) is 0 Å². The fourth-order valence-corrected chi connectivity index (χ4v) is 5.59. The highest BCUT2D eigenvalue weighted by Gasteiger charge is 2.39. The minimum Gasteiger partial charge on any atom is -0.326 e. The summed E-state index contributed by atoms with van der Waals surface area (Å²) in [5.41, 5.74) is 8.60. The largest absolute Gasteiger partial charge is 0.326 e. The summed E-state index contributed by atoms with van der Waals surface area (Å²) in [6.07, 6.45) is 1.63. The molecule has 5 nitrogen and oxygen atoms in total. The van der Waals surface area contributed by atoms with Gasteiger partial charge in [-0.25, -0.2) is 8.42 Å². The van der Waals surface area contributed by atoms with Crippen molar-refractivity contribution in [3.8, 4) is 0 Å². The molecule has 2 aromatic carbocycles. The van der Waals surface area contributed by atoms with Gasteiger partial charge >= 0.3 is 0 Å². The van der Waals surface area contributed by atoms with Gasteiger partial charge in [0.1, 0.15) is 4.90 Å². The zero-order chi connectivity index (χ0) is 18.3. The lowest BCUT2D eigenvalue weighted by atomic mass is 9.95. The molecule has 0 amide bonds. The van der Waals surface area contributed by atoms with E-state index in [4.69, 9.17) is 5.73 Å². The molecule has 1 aliphatic rings. The third kappa shape index (κ3) is 3.46. The van der Waals surface area contributed by atoms with Gasteiger partial charge in [-0.3, -0.25) is 4.98 Å². The molecule has 4 rings (SSSR count). The molecular weight excluding hydrogens is 382 g/mol.